The molecule has 0 radical (unpaired) electrons. The third-order valence-electron chi connectivity index (χ3n) is 5.20. The van der Waals surface area contributed by atoms with Crippen LogP contribution in [0.4, 0.5) is 11.4 Å². The molecule has 0 saturated heterocycles. The number of carbonyl (C=O) groups excluding carboxylic acids is 2. The van der Waals surface area contributed by atoms with Crippen LogP contribution >= 0.6 is 0 Å². The second-order valence-corrected chi connectivity index (χ2v) is 7.31. The quantitative estimate of drug-likeness (QED) is 0.814. The second-order valence-electron chi connectivity index (χ2n) is 7.31. The van der Waals surface area contributed by atoms with E-state index in [0.717, 1.165) is 12.4 Å². The van der Waals surface area contributed by atoms with Gasteiger partial charge in [0.2, 0.25) is 0 Å². The van der Waals surface area contributed by atoms with Gasteiger partial charge in [0.25, 0.3) is 11.8 Å². The Morgan fingerprint density at radius 3 is 2.68 bits per heavy atom. The average molecular weight is 380 g/mol. The minimum atomic E-state index is -0.288. The molecule has 0 atom stereocenters. The number of benzene rings is 2. The van der Waals surface area contributed by atoms with Crippen LogP contribution in [0.5, 0.6) is 11.5 Å². The van der Waals surface area contributed by atoms with Crippen LogP contribution in [-0.4, -0.2) is 25.0 Å². The third kappa shape index (κ3) is 4.27. The maximum Gasteiger partial charge on any atom is 0.262 e. The molecule has 1 fully saturated rings. The number of ether oxygens (including phenoxy) is 2. The molecule has 146 valence electrons. The Morgan fingerprint density at radius 1 is 1.11 bits per heavy atom. The van der Waals surface area contributed by atoms with Crippen molar-refractivity contribution in [1.29, 1.82) is 0 Å². The van der Waals surface area contributed by atoms with E-state index in [1.165, 1.54) is 32.1 Å². The maximum atomic E-state index is 12.6. The number of anilines is 2. The summed E-state index contributed by atoms with van der Waals surface area (Å²) in [6.07, 6.45) is 6.44. The van der Waals surface area contributed by atoms with Crippen molar-refractivity contribution in [2.24, 2.45) is 5.92 Å². The van der Waals surface area contributed by atoms with Gasteiger partial charge in [0.15, 0.2) is 12.4 Å². The van der Waals surface area contributed by atoms with Crippen molar-refractivity contribution in [1.82, 2.24) is 0 Å². The van der Waals surface area contributed by atoms with Gasteiger partial charge in [-0.3, -0.25) is 9.59 Å². The predicted molar refractivity (Wildman–Crippen MR) is 107 cm³/mol. The molecule has 2 aromatic rings. The lowest BCUT2D eigenvalue weighted by Gasteiger charge is -2.21. The largest absolute Gasteiger partial charge is 0.493 e. The van der Waals surface area contributed by atoms with Gasteiger partial charge in [-0.15, -0.1) is 0 Å². The van der Waals surface area contributed by atoms with E-state index in [1.807, 2.05) is 24.3 Å². The molecular formula is C22H24N2O4. The summed E-state index contributed by atoms with van der Waals surface area (Å²) in [6.45, 7) is 0.662. The van der Waals surface area contributed by atoms with Gasteiger partial charge in [0.05, 0.1) is 17.9 Å². The molecule has 4 rings (SSSR count). The topological polar surface area (TPSA) is 76.7 Å². The summed E-state index contributed by atoms with van der Waals surface area (Å²) in [5.74, 6) is 1.34. The minimum absolute atomic E-state index is 0.0929. The highest BCUT2D eigenvalue weighted by molar-refractivity contribution is 6.09. The summed E-state index contributed by atoms with van der Waals surface area (Å²) >= 11 is 0. The van der Waals surface area contributed by atoms with Crippen molar-refractivity contribution in [3.05, 3.63) is 48.0 Å². The molecule has 28 heavy (non-hydrogen) atoms. The maximum absolute atomic E-state index is 12.6. The fraction of sp³-hybridized carbons (Fsp3) is 0.364. The first-order valence-electron chi connectivity index (χ1n) is 9.79. The first kappa shape index (κ1) is 18.3. The molecule has 6 heteroatoms. The molecule has 2 amide bonds. The molecule has 1 saturated carbocycles. The van der Waals surface area contributed by atoms with Gasteiger partial charge < -0.3 is 20.1 Å². The van der Waals surface area contributed by atoms with Crippen molar-refractivity contribution < 1.29 is 19.1 Å². The number of amides is 2. The number of hydrogen-bond acceptors (Lipinski definition) is 4. The van der Waals surface area contributed by atoms with E-state index in [-0.39, 0.29) is 18.4 Å². The van der Waals surface area contributed by atoms with Crippen molar-refractivity contribution in [2.75, 3.05) is 23.8 Å². The zero-order chi connectivity index (χ0) is 19.3. The molecule has 1 aliphatic carbocycles. The predicted octanol–water partition coefficient (Wildman–Crippen LogP) is 4.23. The lowest BCUT2D eigenvalue weighted by Crippen LogP contribution is -2.27. The van der Waals surface area contributed by atoms with Gasteiger partial charge in [-0.05, 0) is 55.2 Å². The molecule has 1 heterocycles. The highest BCUT2D eigenvalue weighted by atomic mass is 16.5. The Labute approximate surface area is 164 Å². The molecule has 1 aliphatic heterocycles. The molecule has 0 spiro atoms. The van der Waals surface area contributed by atoms with Crippen molar-refractivity contribution >= 4 is 23.2 Å². The van der Waals surface area contributed by atoms with Crippen LogP contribution in [0.1, 0.15) is 42.5 Å². The smallest absolute Gasteiger partial charge is 0.262 e. The molecule has 0 bridgehead atoms. The average Bonchev–Trinajstić information content (AvgIpc) is 2.73. The van der Waals surface area contributed by atoms with Crippen LogP contribution in [0.15, 0.2) is 42.5 Å². The fourth-order valence-corrected chi connectivity index (χ4v) is 3.69. The molecule has 2 aliphatic rings. The summed E-state index contributed by atoms with van der Waals surface area (Å²) in [6, 6.07) is 12.5. The first-order chi connectivity index (χ1) is 13.7. The SMILES string of the molecule is O=C1COc2c(cccc2C(=O)Nc2ccc(OCC3CCCCC3)cc2)N1. The van der Waals surface area contributed by atoms with Gasteiger partial charge in [0.1, 0.15) is 5.75 Å². The first-order valence-corrected chi connectivity index (χ1v) is 9.79. The van der Waals surface area contributed by atoms with E-state index in [4.69, 9.17) is 9.47 Å². The Kier molecular flexibility index (Phi) is 5.46. The van der Waals surface area contributed by atoms with Crippen molar-refractivity contribution in [3.8, 4) is 11.5 Å². The number of rotatable bonds is 5. The number of para-hydroxylation sites is 1. The second kappa shape index (κ2) is 8.33. The number of nitrogens with one attached hydrogen (secondary N) is 2. The van der Waals surface area contributed by atoms with Crippen molar-refractivity contribution in [3.63, 3.8) is 0 Å². The molecule has 0 unspecified atom stereocenters. The summed E-state index contributed by atoms with van der Waals surface area (Å²) < 4.78 is 11.3. The van der Waals surface area contributed by atoms with Gasteiger partial charge in [-0.1, -0.05) is 25.3 Å². The van der Waals surface area contributed by atoms with Crippen LogP contribution in [0, 0.1) is 5.92 Å². The zero-order valence-electron chi connectivity index (χ0n) is 15.7. The monoisotopic (exact) mass is 380 g/mol. The van der Waals surface area contributed by atoms with E-state index < -0.39 is 0 Å². The summed E-state index contributed by atoms with van der Waals surface area (Å²) in [7, 11) is 0. The van der Waals surface area contributed by atoms with Gasteiger partial charge in [0, 0.05) is 5.69 Å². The fourth-order valence-electron chi connectivity index (χ4n) is 3.69. The normalized spacial score (nSPS) is 16.5. The number of hydrogen-bond donors (Lipinski definition) is 2. The third-order valence-corrected chi connectivity index (χ3v) is 5.20. The van der Waals surface area contributed by atoms with Crippen LogP contribution in [0.3, 0.4) is 0 Å². The zero-order valence-corrected chi connectivity index (χ0v) is 15.7. The lowest BCUT2D eigenvalue weighted by molar-refractivity contribution is -0.118. The number of carbonyl (C=O) groups is 2. The van der Waals surface area contributed by atoms with E-state index in [2.05, 4.69) is 10.6 Å². The van der Waals surface area contributed by atoms with Gasteiger partial charge in [-0.25, -0.2) is 0 Å². The van der Waals surface area contributed by atoms with Crippen LogP contribution < -0.4 is 20.1 Å². The van der Waals surface area contributed by atoms with Crippen molar-refractivity contribution in [2.45, 2.75) is 32.1 Å². The molecule has 2 aromatic carbocycles. The van der Waals surface area contributed by atoms with Gasteiger partial charge in [-0.2, -0.15) is 0 Å². The van der Waals surface area contributed by atoms with E-state index >= 15 is 0 Å². The highest BCUT2D eigenvalue weighted by Gasteiger charge is 2.22. The Hall–Kier alpha value is -3.02. The van der Waals surface area contributed by atoms with Crippen LogP contribution in [-0.2, 0) is 4.79 Å². The highest BCUT2D eigenvalue weighted by Crippen LogP contribution is 2.32. The van der Waals surface area contributed by atoms with Crippen LogP contribution in [0.2, 0.25) is 0 Å². The summed E-state index contributed by atoms with van der Waals surface area (Å²) in [4.78, 5) is 24.1. The molecule has 6 nitrogen and oxygen atoms in total. The standard InChI is InChI=1S/C22H24N2O4/c25-20-14-28-21-18(7-4-8-19(21)24-20)22(26)23-16-9-11-17(12-10-16)27-13-15-5-2-1-3-6-15/h4,7-12,15H,1-3,5-6,13-14H2,(H,23,26)(H,24,25). The summed E-state index contributed by atoms with van der Waals surface area (Å²) in [5.41, 5.74) is 1.57. The molecule has 0 aromatic heterocycles. The van der Waals surface area contributed by atoms with E-state index in [0.29, 0.717) is 28.6 Å². The molecule has 2 N–H and O–H groups in total. The van der Waals surface area contributed by atoms with E-state index in [1.54, 1.807) is 18.2 Å². The Morgan fingerprint density at radius 2 is 1.89 bits per heavy atom. The number of fused-ring (bicyclic) bond motifs is 1. The van der Waals surface area contributed by atoms with Gasteiger partial charge >= 0.3 is 0 Å². The lowest BCUT2D eigenvalue weighted by atomic mass is 9.90. The van der Waals surface area contributed by atoms with E-state index in [9.17, 15) is 9.59 Å². The Bertz CT molecular complexity index is 857. The minimum Gasteiger partial charge on any atom is -0.493 e. The Balaban J connectivity index is 1.37. The van der Waals surface area contributed by atoms with Crippen LogP contribution in [0.25, 0.3) is 0 Å². The summed E-state index contributed by atoms with van der Waals surface area (Å²) in [5, 5.41) is 5.57. The molecular weight excluding hydrogens is 356 g/mol.